The van der Waals surface area contributed by atoms with Crippen molar-refractivity contribution in [2.24, 2.45) is 0 Å². The summed E-state index contributed by atoms with van der Waals surface area (Å²) in [5.41, 5.74) is 12.0. The van der Waals surface area contributed by atoms with Crippen LogP contribution >= 0.6 is 0 Å². The van der Waals surface area contributed by atoms with Crippen LogP contribution in [0.5, 0.6) is 0 Å². The van der Waals surface area contributed by atoms with E-state index in [-0.39, 0.29) is 0 Å². The lowest BCUT2D eigenvalue weighted by Gasteiger charge is -2.46. The normalized spacial score (nSPS) is 19.6. The quantitative estimate of drug-likeness (QED) is 0.327. The summed E-state index contributed by atoms with van der Waals surface area (Å²) in [7, 11) is 1.77. The van der Waals surface area contributed by atoms with E-state index in [1.165, 1.54) is 0 Å². The summed E-state index contributed by atoms with van der Waals surface area (Å²) in [4.78, 5) is 23.3. The molecule has 1 aliphatic carbocycles. The number of nitrogens with one attached hydrogen (secondary N) is 1. The van der Waals surface area contributed by atoms with E-state index in [1.54, 1.807) is 13.3 Å². The minimum atomic E-state index is 0.363. The average molecular weight is 550 g/mol. The molecule has 3 N–H and O–H groups in total. The molecule has 8 heteroatoms. The lowest BCUT2D eigenvalue weighted by atomic mass is 9.78. The number of hydrogen-bond donors (Lipinski definition) is 2. The van der Waals surface area contributed by atoms with Crippen LogP contribution in [-0.2, 0) is 4.74 Å². The van der Waals surface area contributed by atoms with Crippen molar-refractivity contribution in [2.75, 3.05) is 52.2 Å². The number of aromatic amines is 1. The maximum Gasteiger partial charge on any atom is 0.128 e. The highest BCUT2D eigenvalue weighted by Crippen LogP contribution is 2.39. The number of pyridine rings is 1. The van der Waals surface area contributed by atoms with E-state index in [2.05, 4.69) is 62.2 Å². The molecule has 1 saturated carbocycles. The Balaban J connectivity index is 1.27. The first-order valence-corrected chi connectivity index (χ1v) is 14.6. The van der Waals surface area contributed by atoms with Crippen molar-refractivity contribution in [2.45, 2.75) is 31.7 Å². The fourth-order valence-corrected chi connectivity index (χ4v) is 5.90. The van der Waals surface area contributed by atoms with Gasteiger partial charge in [0.1, 0.15) is 11.6 Å². The molecule has 1 saturated heterocycles. The third kappa shape index (κ3) is 6.10. The number of nitrogens with two attached hydrogens (primary N) is 1. The topological polar surface area (TPSA) is 96.2 Å². The molecule has 0 radical (unpaired) electrons. The number of rotatable bonds is 7. The molecule has 41 heavy (non-hydrogen) atoms. The third-order valence-corrected chi connectivity index (χ3v) is 8.56. The Kier molecular flexibility index (Phi) is 8.23. The number of nitrogens with zero attached hydrogens (tertiary/aromatic N) is 5. The van der Waals surface area contributed by atoms with Crippen LogP contribution in [0.1, 0.15) is 30.1 Å². The Hall–Kier alpha value is -3.85. The van der Waals surface area contributed by atoms with E-state index in [0.717, 1.165) is 97.0 Å². The molecule has 8 nitrogen and oxygen atoms in total. The fraction of sp³-hybridized carbons (Fsp3) is 0.364. The molecule has 2 aromatic heterocycles. The van der Waals surface area contributed by atoms with Crippen LogP contribution in [0.15, 0.2) is 73.1 Å². The second-order valence-corrected chi connectivity index (χ2v) is 11.1. The lowest BCUT2D eigenvalue weighted by molar-refractivity contribution is 0.0402. The standard InChI is InChI=1S/C33H39N7O/c1-23-31(26-9-8-25-10-11-29(37-30(25)22-26)24-6-4-3-5-7-24)38-33(36-13-12-35-32(23)34)27-20-28(21-27)40-16-14-39(15-17-40)18-19-41-2/h3-13,22,27-28H,14-21H2,1-2H3,(H2,34,35)(H,36,38)/t27-,28+. The molecule has 0 unspecified atom stereocenters. The largest absolute Gasteiger partial charge is 0.383 e. The predicted molar refractivity (Wildman–Crippen MR) is 165 cm³/mol. The molecule has 0 spiro atoms. The first-order chi connectivity index (χ1) is 20.1. The van der Waals surface area contributed by atoms with Crippen molar-refractivity contribution in [3.8, 4) is 22.5 Å². The van der Waals surface area contributed by atoms with E-state index < -0.39 is 0 Å². The van der Waals surface area contributed by atoms with Gasteiger partial charge in [-0.15, -0.1) is 0 Å². The maximum absolute atomic E-state index is 6.40. The summed E-state index contributed by atoms with van der Waals surface area (Å²) in [5.74, 6) is 1.80. The van der Waals surface area contributed by atoms with Crippen LogP contribution < -0.4 is 5.73 Å². The van der Waals surface area contributed by atoms with Gasteiger partial charge in [-0.05, 0) is 31.9 Å². The molecule has 2 fully saturated rings. The monoisotopic (exact) mass is 549 g/mol. The number of ether oxygens (including phenoxy) is 1. The summed E-state index contributed by atoms with van der Waals surface area (Å²) < 4.78 is 5.26. The summed E-state index contributed by atoms with van der Waals surface area (Å²) in [5, 5.41) is 1.09. The van der Waals surface area contributed by atoms with Gasteiger partial charge in [-0.2, -0.15) is 0 Å². The van der Waals surface area contributed by atoms with Gasteiger partial charge in [0, 0.05) is 86.3 Å². The van der Waals surface area contributed by atoms with Crippen LogP contribution in [0, 0.1) is 6.92 Å². The van der Waals surface area contributed by atoms with Gasteiger partial charge < -0.3 is 15.5 Å². The number of piperazine rings is 1. The summed E-state index contributed by atoms with van der Waals surface area (Å²) in [6.07, 6.45) is 5.76. The van der Waals surface area contributed by atoms with Crippen LogP contribution in [0.2, 0.25) is 0 Å². The number of anilines is 1. The number of H-pyrrole nitrogens is 1. The van der Waals surface area contributed by atoms with Crippen LogP contribution in [0.25, 0.3) is 33.4 Å². The second-order valence-electron chi connectivity index (χ2n) is 11.1. The summed E-state index contributed by atoms with van der Waals surface area (Å²) >= 11 is 0. The molecule has 212 valence electrons. The van der Waals surface area contributed by atoms with Crippen molar-refractivity contribution < 1.29 is 4.74 Å². The zero-order valence-corrected chi connectivity index (χ0v) is 24.0. The molecule has 4 aromatic rings. The van der Waals surface area contributed by atoms with Gasteiger partial charge in [0.25, 0.3) is 0 Å². The van der Waals surface area contributed by atoms with E-state index in [4.69, 9.17) is 20.4 Å². The molecule has 3 heterocycles. The molecular weight excluding hydrogens is 510 g/mol. The molecular formula is C33H39N7O. The number of benzene rings is 2. The minimum absolute atomic E-state index is 0.363. The van der Waals surface area contributed by atoms with Crippen molar-refractivity contribution >= 4 is 16.7 Å². The van der Waals surface area contributed by atoms with Crippen LogP contribution in [0.4, 0.5) is 5.82 Å². The molecule has 1 aliphatic heterocycles. The number of nitrogen functional groups attached to an aromatic ring is 1. The van der Waals surface area contributed by atoms with Gasteiger partial charge in [0.15, 0.2) is 0 Å². The van der Waals surface area contributed by atoms with Gasteiger partial charge >= 0.3 is 0 Å². The van der Waals surface area contributed by atoms with Gasteiger partial charge in [-0.3, -0.25) is 9.80 Å². The van der Waals surface area contributed by atoms with Crippen molar-refractivity contribution in [3.05, 3.63) is 84.4 Å². The SMILES string of the molecule is COCCN1CCN([C@H]2C[C@@H](c3nc(-c4ccc5ccc(-c6ccccc6)nc5c4)c(C)c(N)ncc[nH]3)C2)CC1. The van der Waals surface area contributed by atoms with Crippen LogP contribution in [0.3, 0.4) is 0 Å². The lowest BCUT2D eigenvalue weighted by Crippen LogP contribution is -2.54. The van der Waals surface area contributed by atoms with E-state index >= 15 is 0 Å². The zero-order chi connectivity index (χ0) is 28.2. The number of fused-ring (bicyclic) bond motifs is 1. The second kappa shape index (κ2) is 12.3. The summed E-state index contributed by atoms with van der Waals surface area (Å²) in [6, 6.07) is 21.4. The molecule has 6 rings (SSSR count). The van der Waals surface area contributed by atoms with Crippen LogP contribution in [-0.4, -0.2) is 82.2 Å². The van der Waals surface area contributed by atoms with Gasteiger partial charge in [-0.25, -0.2) is 15.0 Å². The van der Waals surface area contributed by atoms with Crippen molar-refractivity contribution in [3.63, 3.8) is 0 Å². The first-order valence-electron chi connectivity index (χ1n) is 14.6. The fourth-order valence-electron chi connectivity index (χ4n) is 5.90. The third-order valence-electron chi connectivity index (χ3n) is 8.56. The van der Waals surface area contributed by atoms with Gasteiger partial charge in [-0.1, -0.05) is 48.5 Å². The minimum Gasteiger partial charge on any atom is -0.383 e. The van der Waals surface area contributed by atoms with E-state index in [0.29, 0.717) is 17.8 Å². The Morgan fingerprint density at radius 2 is 1.73 bits per heavy atom. The molecule has 0 atom stereocenters. The Bertz CT molecular complexity index is 1540. The highest BCUT2D eigenvalue weighted by atomic mass is 16.5. The number of hydrogen-bond acceptors (Lipinski definition) is 7. The highest BCUT2D eigenvalue weighted by Gasteiger charge is 2.37. The number of aromatic nitrogens is 4. The first kappa shape index (κ1) is 27.3. The van der Waals surface area contributed by atoms with Gasteiger partial charge in [0.2, 0.25) is 0 Å². The smallest absolute Gasteiger partial charge is 0.128 e. The van der Waals surface area contributed by atoms with Gasteiger partial charge in [0.05, 0.1) is 23.5 Å². The predicted octanol–water partition coefficient (Wildman–Crippen LogP) is 5.21. The molecule has 2 aromatic carbocycles. The summed E-state index contributed by atoms with van der Waals surface area (Å²) in [6.45, 7) is 8.26. The molecule has 0 amide bonds. The van der Waals surface area contributed by atoms with Crippen molar-refractivity contribution in [1.82, 2.24) is 29.7 Å². The Labute approximate surface area is 241 Å². The Morgan fingerprint density at radius 1 is 0.951 bits per heavy atom. The maximum atomic E-state index is 6.40. The van der Waals surface area contributed by atoms with E-state index in [9.17, 15) is 0 Å². The zero-order valence-electron chi connectivity index (χ0n) is 24.0. The average Bonchev–Trinajstić information content (AvgIpc) is 3.06. The van der Waals surface area contributed by atoms with E-state index in [1.807, 2.05) is 31.3 Å². The molecule has 2 aliphatic rings. The van der Waals surface area contributed by atoms with Crippen molar-refractivity contribution in [1.29, 1.82) is 0 Å². The molecule has 0 bridgehead atoms. The number of methoxy groups -OCH3 is 1. The highest BCUT2D eigenvalue weighted by molar-refractivity contribution is 5.86. The Morgan fingerprint density at radius 3 is 2.51 bits per heavy atom.